The molecule has 3 N–H and O–H groups in total. The van der Waals surface area contributed by atoms with E-state index < -0.39 is 6.09 Å². The monoisotopic (exact) mass is 574 g/mol. The van der Waals surface area contributed by atoms with Crippen LogP contribution in [-0.4, -0.2) is 80.5 Å². The van der Waals surface area contributed by atoms with Crippen molar-refractivity contribution < 1.29 is 19.4 Å². The van der Waals surface area contributed by atoms with Crippen LogP contribution in [0.25, 0.3) is 11.0 Å². The van der Waals surface area contributed by atoms with Gasteiger partial charge in [-0.15, -0.1) is 0 Å². The number of piperidine rings is 1. The van der Waals surface area contributed by atoms with Gasteiger partial charge in [0.1, 0.15) is 29.3 Å². The van der Waals surface area contributed by atoms with Crippen LogP contribution in [-0.2, 0) is 0 Å². The third-order valence-corrected chi connectivity index (χ3v) is 8.19. The molecule has 2 aliphatic heterocycles. The van der Waals surface area contributed by atoms with Crippen molar-refractivity contribution in [2.24, 2.45) is 5.92 Å². The maximum Gasteiger partial charge on any atom is 0.407 e. The van der Waals surface area contributed by atoms with Crippen molar-refractivity contribution in [1.82, 2.24) is 24.8 Å². The number of likely N-dealkylation sites (tertiary alicyclic amines) is 2. The summed E-state index contributed by atoms with van der Waals surface area (Å²) >= 11 is 6.56. The molecule has 0 aliphatic carbocycles. The highest BCUT2D eigenvalue weighted by molar-refractivity contribution is 6.35. The summed E-state index contributed by atoms with van der Waals surface area (Å²) in [4.78, 5) is 40.7. The van der Waals surface area contributed by atoms with E-state index >= 15 is 0 Å². The number of nitrogens with one attached hydrogen (secondary N) is 2. The number of carbonyl (C=O) groups excluding carboxylic acids is 1. The van der Waals surface area contributed by atoms with Crippen molar-refractivity contribution in [2.75, 3.05) is 38.0 Å². The van der Waals surface area contributed by atoms with Gasteiger partial charge >= 0.3 is 6.09 Å². The van der Waals surface area contributed by atoms with Crippen molar-refractivity contribution in [1.29, 1.82) is 0 Å². The van der Waals surface area contributed by atoms with E-state index in [1.54, 1.807) is 24.4 Å². The molecule has 4 aromatic rings. The number of nitrogens with zero attached hydrogens (tertiary/aromatic N) is 4. The summed E-state index contributed by atoms with van der Waals surface area (Å²) in [5, 5.41) is 13.7. The number of anilines is 1. The van der Waals surface area contributed by atoms with Gasteiger partial charge in [-0.2, -0.15) is 0 Å². The molecular weight excluding hydrogens is 544 g/mol. The number of hydrogen-bond donors (Lipinski definition) is 3. The van der Waals surface area contributed by atoms with Crippen LogP contribution in [0.2, 0.25) is 5.02 Å². The minimum atomic E-state index is -0.828. The van der Waals surface area contributed by atoms with Gasteiger partial charge in [-0.25, -0.2) is 14.8 Å². The second-order valence-corrected chi connectivity index (χ2v) is 11.0. The quantitative estimate of drug-likeness (QED) is 0.235. The van der Waals surface area contributed by atoms with Crippen molar-refractivity contribution in [2.45, 2.75) is 25.3 Å². The second kappa shape index (κ2) is 11.8. The molecule has 6 rings (SSSR count). The molecule has 2 aromatic carbocycles. The summed E-state index contributed by atoms with van der Waals surface area (Å²) in [6, 6.07) is 14.6. The first-order valence-electron chi connectivity index (χ1n) is 13.8. The number of H-pyrrole nitrogens is 1. The topological polar surface area (TPSA) is 124 Å². The summed E-state index contributed by atoms with van der Waals surface area (Å²) in [5.41, 5.74) is 1.39. The van der Waals surface area contributed by atoms with Crippen LogP contribution in [0.1, 0.15) is 35.2 Å². The lowest BCUT2D eigenvalue weighted by atomic mass is 10.0. The third-order valence-electron chi connectivity index (χ3n) is 7.88. The molecule has 11 heteroatoms. The molecule has 1 amide bonds. The number of ether oxygens (including phenoxy) is 1. The van der Waals surface area contributed by atoms with E-state index in [9.17, 15) is 14.7 Å². The Morgan fingerprint density at radius 1 is 1.02 bits per heavy atom. The zero-order valence-electron chi connectivity index (χ0n) is 22.4. The van der Waals surface area contributed by atoms with Gasteiger partial charge in [0.05, 0.1) is 16.0 Å². The van der Waals surface area contributed by atoms with Gasteiger partial charge in [0.15, 0.2) is 5.78 Å². The van der Waals surface area contributed by atoms with E-state index in [-0.39, 0.29) is 11.8 Å². The number of carboxylic acid groups (broad SMARTS) is 1. The van der Waals surface area contributed by atoms with E-state index in [1.165, 1.54) is 11.2 Å². The lowest BCUT2D eigenvalue weighted by molar-refractivity contribution is 0.104. The van der Waals surface area contributed by atoms with E-state index in [4.69, 9.17) is 16.3 Å². The Balaban J connectivity index is 1.13. The second-order valence-electron chi connectivity index (χ2n) is 10.6. The van der Waals surface area contributed by atoms with Gasteiger partial charge in [0, 0.05) is 56.6 Å². The van der Waals surface area contributed by atoms with E-state index in [0.717, 1.165) is 38.9 Å². The maximum absolute atomic E-state index is 13.7. The van der Waals surface area contributed by atoms with Crippen LogP contribution < -0.4 is 10.1 Å². The normalized spacial score (nSPS) is 18.1. The van der Waals surface area contributed by atoms with Crippen LogP contribution in [0, 0.1) is 5.92 Å². The number of carbonyl (C=O) groups is 2. The smallest absolute Gasteiger partial charge is 0.407 e. The van der Waals surface area contributed by atoms with Crippen LogP contribution in [0.4, 0.5) is 10.6 Å². The Morgan fingerprint density at radius 3 is 2.56 bits per heavy atom. The molecule has 1 atom stereocenters. The molecular formula is C30H31ClN6O4. The molecule has 2 aliphatic rings. The SMILES string of the molecule is O=C(c1ccc(Oc2ccccc2)cc1Cl)c1c[nH]c2ncnc(NC3CCN(CC4CCN(C(=O)O)C4)CC3)c12. The Labute approximate surface area is 242 Å². The van der Waals surface area contributed by atoms with E-state index in [0.29, 0.717) is 63.5 Å². The first-order valence-corrected chi connectivity index (χ1v) is 14.2. The molecule has 0 bridgehead atoms. The van der Waals surface area contributed by atoms with Gasteiger partial charge in [0.25, 0.3) is 0 Å². The van der Waals surface area contributed by atoms with Gasteiger partial charge in [-0.1, -0.05) is 29.8 Å². The number of rotatable bonds is 8. The molecule has 1 unspecified atom stereocenters. The fourth-order valence-electron chi connectivity index (χ4n) is 5.74. The number of hydrogen-bond acceptors (Lipinski definition) is 7. The van der Waals surface area contributed by atoms with Gasteiger partial charge in [-0.3, -0.25) is 4.79 Å². The molecule has 10 nitrogen and oxygen atoms in total. The number of benzene rings is 2. The summed E-state index contributed by atoms with van der Waals surface area (Å²) in [7, 11) is 0. The molecule has 2 fully saturated rings. The molecule has 41 heavy (non-hydrogen) atoms. The first-order chi connectivity index (χ1) is 19.9. The Morgan fingerprint density at radius 2 is 1.83 bits per heavy atom. The highest BCUT2D eigenvalue weighted by Gasteiger charge is 2.29. The standard InChI is InChI=1S/C30H31ClN6O4/c31-25-14-22(41-21-4-2-1-3-5-21)6-7-23(25)27(38)24-15-32-28-26(24)29(34-18-33-28)35-20-9-11-36(12-10-20)16-19-8-13-37(17-19)30(39)40/h1-7,14-15,18-20H,8-13,16-17H2,(H,39,40)(H2,32,33,34,35). The zero-order valence-corrected chi connectivity index (χ0v) is 23.2. The highest BCUT2D eigenvalue weighted by atomic mass is 35.5. The number of amides is 1. The van der Waals surface area contributed by atoms with Crippen molar-refractivity contribution in [3.63, 3.8) is 0 Å². The maximum atomic E-state index is 13.7. The molecule has 2 saturated heterocycles. The van der Waals surface area contributed by atoms with Crippen molar-refractivity contribution in [3.05, 3.63) is 77.2 Å². The average molecular weight is 575 g/mol. The summed E-state index contributed by atoms with van der Waals surface area (Å²) < 4.78 is 5.86. The minimum Gasteiger partial charge on any atom is -0.465 e. The van der Waals surface area contributed by atoms with Crippen LogP contribution in [0.5, 0.6) is 11.5 Å². The van der Waals surface area contributed by atoms with Gasteiger partial charge in [0.2, 0.25) is 0 Å². The lowest BCUT2D eigenvalue weighted by Crippen LogP contribution is -2.42. The molecule has 2 aromatic heterocycles. The number of para-hydroxylation sites is 1. The van der Waals surface area contributed by atoms with Crippen LogP contribution in [0.15, 0.2) is 61.1 Å². The van der Waals surface area contributed by atoms with Crippen LogP contribution in [0.3, 0.4) is 0 Å². The molecule has 0 saturated carbocycles. The third kappa shape index (κ3) is 5.98. The Kier molecular flexibility index (Phi) is 7.76. The van der Waals surface area contributed by atoms with Crippen molar-refractivity contribution in [3.8, 4) is 11.5 Å². The van der Waals surface area contributed by atoms with E-state index in [1.807, 2.05) is 30.3 Å². The van der Waals surface area contributed by atoms with Crippen LogP contribution >= 0.6 is 11.6 Å². The number of ketones is 1. The Bertz CT molecular complexity index is 1550. The molecule has 212 valence electrons. The molecule has 4 heterocycles. The summed E-state index contributed by atoms with van der Waals surface area (Å²) in [6.45, 7) is 3.99. The first kappa shape index (κ1) is 27.0. The number of aromatic nitrogens is 3. The largest absolute Gasteiger partial charge is 0.465 e. The predicted molar refractivity (Wildman–Crippen MR) is 156 cm³/mol. The minimum absolute atomic E-state index is 0.194. The fraction of sp³-hybridized carbons (Fsp3) is 0.333. The summed E-state index contributed by atoms with van der Waals surface area (Å²) in [6.07, 6.45) is 5.07. The lowest BCUT2D eigenvalue weighted by Gasteiger charge is -2.34. The number of aromatic amines is 1. The summed E-state index contributed by atoms with van der Waals surface area (Å²) in [5.74, 6) is 2.00. The average Bonchev–Trinajstić information content (AvgIpc) is 3.63. The highest BCUT2D eigenvalue weighted by Crippen LogP contribution is 2.32. The predicted octanol–water partition coefficient (Wildman–Crippen LogP) is 5.51. The zero-order chi connectivity index (χ0) is 28.3. The number of halogens is 1. The molecule has 0 radical (unpaired) electrons. The van der Waals surface area contributed by atoms with E-state index in [2.05, 4.69) is 25.2 Å². The van der Waals surface area contributed by atoms with Crippen molar-refractivity contribution >= 4 is 40.3 Å². The molecule has 0 spiro atoms. The van der Waals surface area contributed by atoms with Gasteiger partial charge in [-0.05, 0) is 49.4 Å². The fourth-order valence-corrected chi connectivity index (χ4v) is 5.99. The van der Waals surface area contributed by atoms with Gasteiger partial charge < -0.3 is 29.9 Å². The Hall–Kier alpha value is -4.15. The number of fused-ring (bicyclic) bond motifs is 1.